The third-order valence-corrected chi connectivity index (χ3v) is 6.11. The average Bonchev–Trinajstić information content (AvgIpc) is 3.44. The Morgan fingerprint density at radius 2 is 1.85 bits per heavy atom. The maximum Gasteiger partial charge on any atom is 0.119 e. The van der Waals surface area contributed by atoms with Crippen molar-refractivity contribution in [1.82, 2.24) is 15.5 Å². The van der Waals surface area contributed by atoms with Gasteiger partial charge in [0.15, 0.2) is 0 Å². The Morgan fingerprint density at radius 3 is 2.48 bits per heavy atom. The number of nitrogens with zero attached hydrogens (tertiary/aromatic N) is 1. The smallest absolute Gasteiger partial charge is 0.119 e. The lowest BCUT2D eigenvalue weighted by molar-refractivity contribution is 0.226. The number of piperidine rings is 1. The minimum atomic E-state index is 0.565. The monoisotopic (exact) mass is 373 g/mol. The number of ether oxygens (including phenoxy) is 1. The second-order valence-electron chi connectivity index (χ2n) is 9.23. The highest BCUT2D eigenvalue weighted by atomic mass is 16.5. The van der Waals surface area contributed by atoms with Crippen LogP contribution in [-0.4, -0.2) is 50.8 Å². The second kappa shape index (κ2) is 9.90. The fraction of sp³-hybridized carbons (Fsp3) is 0.739. The Balaban J connectivity index is 1.29. The van der Waals surface area contributed by atoms with E-state index in [-0.39, 0.29) is 0 Å². The van der Waals surface area contributed by atoms with Crippen LogP contribution in [0.1, 0.15) is 51.5 Å². The molecule has 0 amide bonds. The zero-order chi connectivity index (χ0) is 19.1. The number of benzene rings is 1. The summed E-state index contributed by atoms with van der Waals surface area (Å²) in [5.41, 5.74) is 1.91. The first-order valence-corrected chi connectivity index (χ1v) is 10.9. The Bertz CT molecular complexity index is 545. The van der Waals surface area contributed by atoms with Crippen LogP contribution in [0.5, 0.6) is 5.75 Å². The number of rotatable bonds is 11. The average molecular weight is 374 g/mol. The fourth-order valence-electron chi connectivity index (χ4n) is 3.82. The van der Waals surface area contributed by atoms with Crippen molar-refractivity contribution in [3.63, 3.8) is 0 Å². The largest absolute Gasteiger partial charge is 0.493 e. The van der Waals surface area contributed by atoms with Crippen molar-refractivity contribution >= 4 is 0 Å². The fourth-order valence-corrected chi connectivity index (χ4v) is 3.82. The van der Waals surface area contributed by atoms with Gasteiger partial charge in [-0.15, -0.1) is 0 Å². The zero-order valence-corrected chi connectivity index (χ0v) is 17.6. The molecule has 0 atom stereocenters. The standard InChI is InChI=1S/C23H39N3O/c1-19(2)17-27-22-6-4-20(5-7-22)16-24-13-12-23(10-11-23)18-25-21-8-14-26(3)15-9-21/h4-7,19,21,24-25H,8-18H2,1-3H3. The van der Waals surface area contributed by atoms with Gasteiger partial charge >= 0.3 is 0 Å². The van der Waals surface area contributed by atoms with E-state index in [0.29, 0.717) is 11.3 Å². The molecule has 1 aliphatic carbocycles. The van der Waals surface area contributed by atoms with Gasteiger partial charge < -0.3 is 20.3 Å². The lowest BCUT2D eigenvalue weighted by atomic mass is 10.00. The van der Waals surface area contributed by atoms with E-state index >= 15 is 0 Å². The van der Waals surface area contributed by atoms with Gasteiger partial charge in [-0.2, -0.15) is 0 Å². The highest BCUT2D eigenvalue weighted by molar-refractivity contribution is 5.27. The first-order valence-electron chi connectivity index (χ1n) is 10.9. The molecule has 1 saturated heterocycles. The van der Waals surface area contributed by atoms with Gasteiger partial charge in [-0.05, 0) is 87.8 Å². The predicted octanol–water partition coefficient (Wildman–Crippen LogP) is 3.67. The molecule has 3 rings (SSSR count). The molecule has 1 saturated carbocycles. The van der Waals surface area contributed by atoms with Crippen molar-refractivity contribution < 1.29 is 4.74 Å². The van der Waals surface area contributed by atoms with Crippen molar-refractivity contribution in [1.29, 1.82) is 0 Å². The molecule has 1 aromatic carbocycles. The molecule has 0 spiro atoms. The van der Waals surface area contributed by atoms with Gasteiger partial charge in [0.2, 0.25) is 0 Å². The van der Waals surface area contributed by atoms with Crippen LogP contribution in [0.4, 0.5) is 0 Å². The Morgan fingerprint density at radius 1 is 1.15 bits per heavy atom. The summed E-state index contributed by atoms with van der Waals surface area (Å²) >= 11 is 0. The van der Waals surface area contributed by atoms with E-state index in [1.807, 2.05) is 0 Å². The number of hydrogen-bond acceptors (Lipinski definition) is 4. The van der Waals surface area contributed by atoms with Gasteiger partial charge in [0.25, 0.3) is 0 Å². The quantitative estimate of drug-likeness (QED) is 0.580. The van der Waals surface area contributed by atoms with Gasteiger partial charge in [0, 0.05) is 19.1 Å². The summed E-state index contributed by atoms with van der Waals surface area (Å²) in [6.07, 6.45) is 6.71. The molecule has 152 valence electrons. The number of nitrogens with one attached hydrogen (secondary N) is 2. The van der Waals surface area contributed by atoms with Crippen LogP contribution in [0.2, 0.25) is 0 Å². The van der Waals surface area contributed by atoms with Gasteiger partial charge in [-0.3, -0.25) is 0 Å². The van der Waals surface area contributed by atoms with Crippen LogP contribution in [0.25, 0.3) is 0 Å². The Kier molecular flexibility index (Phi) is 7.57. The topological polar surface area (TPSA) is 36.5 Å². The third kappa shape index (κ3) is 7.10. The van der Waals surface area contributed by atoms with E-state index in [9.17, 15) is 0 Å². The summed E-state index contributed by atoms with van der Waals surface area (Å²) in [5.74, 6) is 1.54. The highest BCUT2D eigenvalue weighted by Gasteiger charge is 2.41. The van der Waals surface area contributed by atoms with Crippen molar-refractivity contribution in [2.75, 3.05) is 39.8 Å². The van der Waals surface area contributed by atoms with Crippen molar-refractivity contribution in [2.24, 2.45) is 11.3 Å². The molecule has 27 heavy (non-hydrogen) atoms. The van der Waals surface area contributed by atoms with E-state index in [2.05, 4.69) is 60.7 Å². The van der Waals surface area contributed by atoms with Crippen LogP contribution >= 0.6 is 0 Å². The SMILES string of the molecule is CC(C)COc1ccc(CNCCC2(CNC3CCN(C)CC3)CC2)cc1. The summed E-state index contributed by atoms with van der Waals surface area (Å²) in [5, 5.41) is 7.50. The lowest BCUT2D eigenvalue weighted by Gasteiger charge is -2.31. The molecule has 4 heteroatoms. The summed E-state index contributed by atoms with van der Waals surface area (Å²) in [4.78, 5) is 2.44. The highest BCUT2D eigenvalue weighted by Crippen LogP contribution is 2.48. The molecule has 0 bridgehead atoms. The minimum Gasteiger partial charge on any atom is -0.493 e. The van der Waals surface area contributed by atoms with E-state index < -0.39 is 0 Å². The first kappa shape index (κ1) is 20.6. The normalized spacial score (nSPS) is 20.1. The van der Waals surface area contributed by atoms with Gasteiger partial charge in [0.05, 0.1) is 6.61 Å². The molecular formula is C23H39N3O. The summed E-state index contributed by atoms with van der Waals surface area (Å²) in [6, 6.07) is 9.28. The predicted molar refractivity (Wildman–Crippen MR) is 113 cm³/mol. The Labute approximate surface area is 166 Å². The van der Waals surface area contributed by atoms with E-state index in [1.54, 1.807) is 0 Å². The molecule has 1 aromatic rings. The van der Waals surface area contributed by atoms with Crippen LogP contribution < -0.4 is 15.4 Å². The van der Waals surface area contributed by atoms with Crippen LogP contribution in [-0.2, 0) is 6.54 Å². The molecule has 0 unspecified atom stereocenters. The zero-order valence-electron chi connectivity index (χ0n) is 17.6. The first-order chi connectivity index (χ1) is 13.0. The van der Waals surface area contributed by atoms with Gasteiger partial charge in [-0.1, -0.05) is 26.0 Å². The van der Waals surface area contributed by atoms with Crippen molar-refractivity contribution in [3.8, 4) is 5.75 Å². The Hall–Kier alpha value is -1.10. The van der Waals surface area contributed by atoms with Crippen LogP contribution in [0.3, 0.4) is 0 Å². The van der Waals surface area contributed by atoms with Crippen molar-refractivity contribution in [3.05, 3.63) is 29.8 Å². The lowest BCUT2D eigenvalue weighted by Crippen LogP contribution is -2.43. The van der Waals surface area contributed by atoms with Crippen LogP contribution in [0.15, 0.2) is 24.3 Å². The summed E-state index contributed by atoms with van der Waals surface area (Å²) in [7, 11) is 2.23. The number of hydrogen-bond donors (Lipinski definition) is 2. The number of likely N-dealkylation sites (tertiary alicyclic amines) is 1. The maximum atomic E-state index is 5.75. The maximum absolute atomic E-state index is 5.75. The van der Waals surface area contributed by atoms with E-state index in [0.717, 1.165) is 31.5 Å². The molecule has 1 aliphatic heterocycles. The summed E-state index contributed by atoms with van der Waals surface area (Å²) < 4.78 is 5.75. The van der Waals surface area contributed by atoms with Gasteiger partial charge in [-0.25, -0.2) is 0 Å². The molecule has 0 radical (unpaired) electrons. The molecule has 2 N–H and O–H groups in total. The second-order valence-corrected chi connectivity index (χ2v) is 9.23. The van der Waals surface area contributed by atoms with E-state index in [4.69, 9.17) is 4.74 Å². The van der Waals surface area contributed by atoms with Gasteiger partial charge in [0.1, 0.15) is 5.75 Å². The molecular weight excluding hydrogens is 334 g/mol. The molecule has 1 heterocycles. The van der Waals surface area contributed by atoms with E-state index in [1.165, 1.54) is 57.3 Å². The van der Waals surface area contributed by atoms with Crippen molar-refractivity contribution in [2.45, 2.75) is 58.5 Å². The van der Waals surface area contributed by atoms with Crippen LogP contribution in [0, 0.1) is 11.3 Å². The molecule has 4 nitrogen and oxygen atoms in total. The molecule has 2 fully saturated rings. The molecule has 0 aromatic heterocycles. The minimum absolute atomic E-state index is 0.565. The summed E-state index contributed by atoms with van der Waals surface area (Å²) in [6.45, 7) is 10.9. The third-order valence-electron chi connectivity index (χ3n) is 6.11. The molecule has 2 aliphatic rings.